The van der Waals surface area contributed by atoms with Crippen molar-refractivity contribution in [1.29, 1.82) is 0 Å². The number of nitrogens with one attached hydrogen (secondary N) is 1. The van der Waals surface area contributed by atoms with E-state index in [2.05, 4.69) is 21.2 Å². The highest BCUT2D eigenvalue weighted by molar-refractivity contribution is 9.10. The fraction of sp³-hybridized carbons (Fsp3) is 0.300. The molecule has 1 rings (SSSR count). The Morgan fingerprint density at radius 2 is 2.33 bits per heavy atom. The molecule has 15 heavy (non-hydrogen) atoms. The number of hydrogen-bond acceptors (Lipinski definition) is 2. The van der Waals surface area contributed by atoms with Crippen LogP contribution >= 0.6 is 27.5 Å². The standard InChI is InChI=1S/C10H12BrClN2O/c1-6(13)10(15)14-5-7-2-3-8(11)4-9(7)12/h2-4,6H,5,13H2,1H3,(H,14,15)/t6-/m1/s1. The maximum absolute atomic E-state index is 11.2. The number of rotatable bonds is 3. The van der Waals surface area contributed by atoms with Crippen LogP contribution in [-0.2, 0) is 11.3 Å². The van der Waals surface area contributed by atoms with Gasteiger partial charge in [-0.3, -0.25) is 4.79 Å². The second-order valence-corrected chi connectivity index (χ2v) is 4.57. The quantitative estimate of drug-likeness (QED) is 0.896. The molecule has 1 aromatic carbocycles. The van der Waals surface area contributed by atoms with E-state index in [4.69, 9.17) is 17.3 Å². The van der Waals surface area contributed by atoms with Gasteiger partial charge in [0.2, 0.25) is 5.91 Å². The normalized spacial score (nSPS) is 12.3. The minimum absolute atomic E-state index is 0.186. The summed E-state index contributed by atoms with van der Waals surface area (Å²) in [6, 6.07) is 5.02. The van der Waals surface area contributed by atoms with Gasteiger partial charge in [-0.25, -0.2) is 0 Å². The second-order valence-electron chi connectivity index (χ2n) is 3.24. The molecular formula is C10H12BrClN2O. The van der Waals surface area contributed by atoms with Crippen LogP contribution in [0.1, 0.15) is 12.5 Å². The highest BCUT2D eigenvalue weighted by atomic mass is 79.9. The van der Waals surface area contributed by atoms with E-state index in [1.807, 2.05) is 12.1 Å². The van der Waals surface area contributed by atoms with Gasteiger partial charge in [-0.05, 0) is 24.6 Å². The Labute approximate surface area is 102 Å². The molecule has 0 saturated heterocycles. The molecule has 0 aliphatic heterocycles. The summed E-state index contributed by atoms with van der Waals surface area (Å²) in [6.45, 7) is 2.03. The minimum atomic E-state index is -0.501. The lowest BCUT2D eigenvalue weighted by molar-refractivity contribution is -0.122. The van der Waals surface area contributed by atoms with Gasteiger partial charge in [0, 0.05) is 16.0 Å². The summed E-state index contributed by atoms with van der Waals surface area (Å²) in [7, 11) is 0. The molecule has 0 saturated carbocycles. The molecule has 5 heteroatoms. The van der Waals surface area contributed by atoms with Gasteiger partial charge in [-0.1, -0.05) is 33.6 Å². The van der Waals surface area contributed by atoms with Gasteiger partial charge in [0.05, 0.1) is 6.04 Å². The van der Waals surface area contributed by atoms with Gasteiger partial charge >= 0.3 is 0 Å². The first-order chi connectivity index (χ1) is 7.00. The van der Waals surface area contributed by atoms with Crippen molar-refractivity contribution in [2.24, 2.45) is 5.73 Å². The van der Waals surface area contributed by atoms with Crippen LogP contribution < -0.4 is 11.1 Å². The summed E-state index contributed by atoms with van der Waals surface area (Å²) in [4.78, 5) is 11.2. The Balaban J connectivity index is 2.62. The monoisotopic (exact) mass is 290 g/mol. The third kappa shape index (κ3) is 3.81. The van der Waals surface area contributed by atoms with Gasteiger partial charge in [0.25, 0.3) is 0 Å². The first-order valence-corrected chi connectivity index (χ1v) is 5.65. The molecule has 0 spiro atoms. The summed E-state index contributed by atoms with van der Waals surface area (Å²) in [5.74, 6) is -0.186. The van der Waals surface area contributed by atoms with Crippen molar-refractivity contribution in [2.45, 2.75) is 19.5 Å². The molecule has 3 nitrogen and oxygen atoms in total. The molecule has 1 aromatic rings. The Morgan fingerprint density at radius 3 is 2.87 bits per heavy atom. The molecule has 1 atom stereocenters. The van der Waals surface area contributed by atoms with E-state index in [-0.39, 0.29) is 5.91 Å². The smallest absolute Gasteiger partial charge is 0.236 e. The number of halogens is 2. The van der Waals surface area contributed by atoms with Crippen LogP contribution in [-0.4, -0.2) is 11.9 Å². The van der Waals surface area contributed by atoms with E-state index in [0.29, 0.717) is 11.6 Å². The van der Waals surface area contributed by atoms with E-state index in [0.717, 1.165) is 10.0 Å². The van der Waals surface area contributed by atoms with Gasteiger partial charge in [0.15, 0.2) is 0 Å². The highest BCUT2D eigenvalue weighted by Crippen LogP contribution is 2.21. The van der Waals surface area contributed by atoms with Crippen molar-refractivity contribution in [3.8, 4) is 0 Å². The summed E-state index contributed by atoms with van der Waals surface area (Å²) < 4.78 is 0.912. The molecule has 0 radical (unpaired) electrons. The molecule has 3 N–H and O–H groups in total. The number of benzene rings is 1. The third-order valence-electron chi connectivity index (χ3n) is 1.88. The molecule has 0 aromatic heterocycles. The van der Waals surface area contributed by atoms with Crippen LogP contribution in [0.3, 0.4) is 0 Å². The Kier molecular flexibility index (Phi) is 4.57. The van der Waals surface area contributed by atoms with Crippen LogP contribution in [0.2, 0.25) is 5.02 Å². The van der Waals surface area contributed by atoms with Gasteiger partial charge in [-0.15, -0.1) is 0 Å². The zero-order valence-corrected chi connectivity index (χ0v) is 10.6. The van der Waals surface area contributed by atoms with E-state index >= 15 is 0 Å². The van der Waals surface area contributed by atoms with Crippen molar-refractivity contribution in [3.63, 3.8) is 0 Å². The lowest BCUT2D eigenvalue weighted by Crippen LogP contribution is -2.37. The molecule has 0 bridgehead atoms. The lowest BCUT2D eigenvalue weighted by atomic mass is 10.2. The predicted molar refractivity (Wildman–Crippen MR) is 64.6 cm³/mol. The summed E-state index contributed by atoms with van der Waals surface area (Å²) in [6.07, 6.45) is 0. The summed E-state index contributed by atoms with van der Waals surface area (Å²) >= 11 is 9.29. The molecule has 82 valence electrons. The average molecular weight is 292 g/mol. The zero-order valence-electron chi connectivity index (χ0n) is 8.26. The maximum atomic E-state index is 11.2. The van der Waals surface area contributed by atoms with Gasteiger partial charge in [-0.2, -0.15) is 0 Å². The van der Waals surface area contributed by atoms with Crippen molar-refractivity contribution in [1.82, 2.24) is 5.32 Å². The minimum Gasteiger partial charge on any atom is -0.351 e. The van der Waals surface area contributed by atoms with E-state index < -0.39 is 6.04 Å². The molecule has 0 fully saturated rings. The van der Waals surface area contributed by atoms with Crippen molar-refractivity contribution in [2.75, 3.05) is 0 Å². The van der Waals surface area contributed by atoms with Crippen molar-refractivity contribution >= 4 is 33.4 Å². The van der Waals surface area contributed by atoms with Crippen LogP contribution in [0.15, 0.2) is 22.7 Å². The van der Waals surface area contributed by atoms with Crippen molar-refractivity contribution in [3.05, 3.63) is 33.3 Å². The Morgan fingerprint density at radius 1 is 1.67 bits per heavy atom. The van der Waals surface area contributed by atoms with Crippen LogP contribution in [0.25, 0.3) is 0 Å². The first kappa shape index (κ1) is 12.5. The van der Waals surface area contributed by atoms with E-state index in [1.165, 1.54) is 0 Å². The third-order valence-corrected chi connectivity index (χ3v) is 2.73. The van der Waals surface area contributed by atoms with E-state index in [1.54, 1.807) is 13.0 Å². The van der Waals surface area contributed by atoms with Crippen LogP contribution in [0.4, 0.5) is 0 Å². The predicted octanol–water partition coefficient (Wildman–Crippen LogP) is 2.07. The molecule has 0 unspecified atom stereocenters. The zero-order chi connectivity index (χ0) is 11.4. The van der Waals surface area contributed by atoms with Crippen LogP contribution in [0, 0.1) is 0 Å². The molecule has 0 heterocycles. The van der Waals surface area contributed by atoms with Gasteiger partial charge in [0.1, 0.15) is 0 Å². The first-order valence-electron chi connectivity index (χ1n) is 4.48. The molecular weight excluding hydrogens is 279 g/mol. The topological polar surface area (TPSA) is 55.1 Å². The fourth-order valence-electron chi connectivity index (χ4n) is 1.01. The lowest BCUT2D eigenvalue weighted by Gasteiger charge is -2.09. The molecule has 1 amide bonds. The number of carbonyl (C=O) groups is 1. The SMILES string of the molecule is C[C@@H](N)C(=O)NCc1ccc(Br)cc1Cl. The Hall–Kier alpha value is -0.580. The van der Waals surface area contributed by atoms with E-state index in [9.17, 15) is 4.79 Å². The summed E-state index contributed by atoms with van der Waals surface area (Å²) in [5.41, 5.74) is 6.28. The van der Waals surface area contributed by atoms with Crippen molar-refractivity contribution < 1.29 is 4.79 Å². The number of carbonyl (C=O) groups excluding carboxylic acids is 1. The largest absolute Gasteiger partial charge is 0.351 e. The second kappa shape index (κ2) is 5.49. The highest BCUT2D eigenvalue weighted by Gasteiger charge is 2.07. The molecule has 0 aliphatic carbocycles. The molecule has 0 aliphatic rings. The van der Waals surface area contributed by atoms with Gasteiger partial charge < -0.3 is 11.1 Å². The fourth-order valence-corrected chi connectivity index (χ4v) is 1.75. The Bertz CT molecular complexity index is 368. The number of amides is 1. The number of nitrogens with two attached hydrogens (primary N) is 1. The summed E-state index contributed by atoms with van der Waals surface area (Å²) in [5, 5.41) is 3.31. The number of hydrogen-bond donors (Lipinski definition) is 2. The average Bonchev–Trinajstić information content (AvgIpc) is 2.15. The van der Waals surface area contributed by atoms with Crippen LogP contribution in [0.5, 0.6) is 0 Å². The maximum Gasteiger partial charge on any atom is 0.236 e.